The Morgan fingerprint density at radius 2 is 1.58 bits per heavy atom. The van der Waals surface area contributed by atoms with Gasteiger partial charge in [-0.1, -0.05) is 30.3 Å². The van der Waals surface area contributed by atoms with Gasteiger partial charge < -0.3 is 10.6 Å². The third kappa shape index (κ3) is 2.08. The number of fused-ring (bicyclic) bond motifs is 1. The SMILES string of the molecule is Cc1cc2c(cc1C)N[C@@H](c1ccccc1)C(=O)N2. The summed E-state index contributed by atoms with van der Waals surface area (Å²) in [5, 5.41) is 6.29. The van der Waals surface area contributed by atoms with Crippen LogP contribution in [0.3, 0.4) is 0 Å². The second kappa shape index (κ2) is 4.43. The van der Waals surface area contributed by atoms with E-state index in [1.807, 2.05) is 43.3 Å². The van der Waals surface area contributed by atoms with Gasteiger partial charge in [-0.2, -0.15) is 0 Å². The Morgan fingerprint density at radius 3 is 2.26 bits per heavy atom. The number of rotatable bonds is 1. The summed E-state index contributed by atoms with van der Waals surface area (Å²) in [5.74, 6) is -0.0121. The maximum atomic E-state index is 12.2. The number of hydrogen-bond donors (Lipinski definition) is 2. The van der Waals surface area contributed by atoms with Crippen molar-refractivity contribution in [1.82, 2.24) is 0 Å². The van der Waals surface area contributed by atoms with Crippen molar-refractivity contribution in [3.8, 4) is 0 Å². The molecule has 3 heteroatoms. The third-order valence-corrected chi connectivity index (χ3v) is 3.59. The minimum Gasteiger partial charge on any atom is -0.368 e. The topological polar surface area (TPSA) is 41.1 Å². The normalized spacial score (nSPS) is 17.4. The van der Waals surface area contributed by atoms with Crippen LogP contribution in [0.15, 0.2) is 42.5 Å². The molecule has 0 spiro atoms. The first-order chi connectivity index (χ1) is 9.15. The van der Waals surface area contributed by atoms with E-state index >= 15 is 0 Å². The molecule has 2 N–H and O–H groups in total. The van der Waals surface area contributed by atoms with Crippen LogP contribution >= 0.6 is 0 Å². The number of anilines is 2. The minimum atomic E-state index is -0.323. The first-order valence-corrected chi connectivity index (χ1v) is 6.39. The monoisotopic (exact) mass is 252 g/mol. The lowest BCUT2D eigenvalue weighted by atomic mass is 10.0. The Morgan fingerprint density at radius 1 is 0.947 bits per heavy atom. The van der Waals surface area contributed by atoms with Crippen LogP contribution in [0.2, 0.25) is 0 Å². The fourth-order valence-electron chi connectivity index (χ4n) is 2.35. The molecule has 1 atom stereocenters. The quantitative estimate of drug-likeness (QED) is 0.816. The molecule has 1 heterocycles. The average molecular weight is 252 g/mol. The number of aryl methyl sites for hydroxylation is 2. The van der Waals surface area contributed by atoms with E-state index in [1.165, 1.54) is 11.1 Å². The van der Waals surface area contributed by atoms with Crippen LogP contribution in [0.4, 0.5) is 11.4 Å². The van der Waals surface area contributed by atoms with Gasteiger partial charge >= 0.3 is 0 Å². The highest BCUT2D eigenvalue weighted by Gasteiger charge is 2.26. The molecule has 2 aromatic carbocycles. The van der Waals surface area contributed by atoms with E-state index in [9.17, 15) is 4.79 Å². The summed E-state index contributed by atoms with van der Waals surface area (Å²) in [6.45, 7) is 4.12. The molecule has 0 fully saturated rings. The lowest BCUT2D eigenvalue weighted by molar-refractivity contribution is -0.117. The van der Waals surface area contributed by atoms with Crippen molar-refractivity contribution >= 4 is 17.3 Å². The van der Waals surface area contributed by atoms with Gasteiger partial charge in [0.2, 0.25) is 0 Å². The van der Waals surface area contributed by atoms with Crippen molar-refractivity contribution in [3.05, 3.63) is 59.2 Å². The standard InChI is InChI=1S/C16H16N2O/c1-10-8-13-14(9-11(10)2)18-16(19)15(17-13)12-6-4-3-5-7-12/h3-9,15,17H,1-2H3,(H,18,19)/t15-/m0/s1. The Hall–Kier alpha value is -2.29. The number of benzene rings is 2. The molecule has 0 unspecified atom stereocenters. The zero-order valence-corrected chi connectivity index (χ0v) is 11.0. The van der Waals surface area contributed by atoms with Crippen molar-refractivity contribution < 1.29 is 4.79 Å². The molecule has 2 aromatic rings. The minimum absolute atomic E-state index is 0.0121. The van der Waals surface area contributed by atoms with E-state index in [0.29, 0.717) is 0 Å². The number of nitrogens with one attached hydrogen (secondary N) is 2. The van der Waals surface area contributed by atoms with Crippen molar-refractivity contribution in [1.29, 1.82) is 0 Å². The van der Waals surface area contributed by atoms with Crippen LogP contribution in [0.5, 0.6) is 0 Å². The molecular weight excluding hydrogens is 236 g/mol. The molecule has 1 amide bonds. The molecule has 1 aliphatic rings. The maximum Gasteiger partial charge on any atom is 0.251 e. The molecule has 0 aromatic heterocycles. The van der Waals surface area contributed by atoms with E-state index in [2.05, 4.69) is 23.6 Å². The summed E-state index contributed by atoms with van der Waals surface area (Å²) in [7, 11) is 0. The first kappa shape index (κ1) is 11.8. The van der Waals surface area contributed by atoms with Gasteiger partial charge in [0, 0.05) is 0 Å². The zero-order valence-electron chi connectivity index (χ0n) is 11.0. The summed E-state index contributed by atoms with van der Waals surface area (Å²) in [4.78, 5) is 12.2. The highest BCUT2D eigenvalue weighted by Crippen LogP contribution is 2.34. The molecule has 0 radical (unpaired) electrons. The Labute approximate surface area is 112 Å². The Balaban J connectivity index is 2.00. The fourth-order valence-corrected chi connectivity index (χ4v) is 2.35. The molecule has 1 aliphatic heterocycles. The van der Waals surface area contributed by atoms with Gasteiger partial charge in [-0.05, 0) is 42.7 Å². The molecule has 19 heavy (non-hydrogen) atoms. The highest BCUT2D eigenvalue weighted by atomic mass is 16.2. The summed E-state index contributed by atoms with van der Waals surface area (Å²) >= 11 is 0. The van der Waals surface area contributed by atoms with Crippen LogP contribution in [0.1, 0.15) is 22.7 Å². The molecule has 96 valence electrons. The van der Waals surface area contributed by atoms with Crippen LogP contribution in [-0.2, 0) is 4.79 Å². The van der Waals surface area contributed by atoms with Crippen LogP contribution in [-0.4, -0.2) is 5.91 Å². The van der Waals surface area contributed by atoms with E-state index < -0.39 is 0 Å². The second-order valence-corrected chi connectivity index (χ2v) is 4.96. The van der Waals surface area contributed by atoms with Crippen molar-refractivity contribution in [2.45, 2.75) is 19.9 Å². The van der Waals surface area contributed by atoms with Gasteiger partial charge in [0.1, 0.15) is 6.04 Å². The first-order valence-electron chi connectivity index (χ1n) is 6.39. The molecule has 0 bridgehead atoms. The van der Waals surface area contributed by atoms with Gasteiger partial charge in [-0.25, -0.2) is 0 Å². The Bertz CT molecular complexity index is 635. The number of carbonyl (C=O) groups is 1. The molecule has 3 rings (SSSR count). The second-order valence-electron chi connectivity index (χ2n) is 4.96. The zero-order chi connectivity index (χ0) is 13.4. The van der Waals surface area contributed by atoms with Gasteiger partial charge in [0.15, 0.2) is 0 Å². The van der Waals surface area contributed by atoms with Gasteiger partial charge in [0.05, 0.1) is 11.4 Å². The van der Waals surface area contributed by atoms with E-state index in [-0.39, 0.29) is 11.9 Å². The molecule has 3 nitrogen and oxygen atoms in total. The fraction of sp³-hybridized carbons (Fsp3) is 0.188. The maximum absolute atomic E-state index is 12.2. The van der Waals surface area contributed by atoms with Gasteiger partial charge in [-0.15, -0.1) is 0 Å². The van der Waals surface area contributed by atoms with Crippen molar-refractivity contribution in [2.75, 3.05) is 10.6 Å². The van der Waals surface area contributed by atoms with E-state index in [1.54, 1.807) is 0 Å². The highest BCUT2D eigenvalue weighted by molar-refractivity contribution is 6.03. The largest absolute Gasteiger partial charge is 0.368 e. The lowest BCUT2D eigenvalue weighted by Gasteiger charge is -2.28. The van der Waals surface area contributed by atoms with E-state index in [0.717, 1.165) is 16.9 Å². The number of carbonyl (C=O) groups excluding carboxylic acids is 1. The summed E-state index contributed by atoms with van der Waals surface area (Å²) in [6, 6.07) is 13.5. The number of amides is 1. The third-order valence-electron chi connectivity index (χ3n) is 3.59. The van der Waals surface area contributed by atoms with Crippen LogP contribution in [0.25, 0.3) is 0 Å². The summed E-state index contributed by atoms with van der Waals surface area (Å²) in [5.41, 5.74) is 5.22. The van der Waals surface area contributed by atoms with Crippen LogP contribution in [0, 0.1) is 13.8 Å². The smallest absolute Gasteiger partial charge is 0.251 e. The lowest BCUT2D eigenvalue weighted by Crippen LogP contribution is -2.32. The molecule has 0 saturated heterocycles. The van der Waals surface area contributed by atoms with Crippen molar-refractivity contribution in [2.24, 2.45) is 0 Å². The molecule has 0 aliphatic carbocycles. The summed E-state index contributed by atoms with van der Waals surface area (Å²) < 4.78 is 0. The summed E-state index contributed by atoms with van der Waals surface area (Å²) in [6.07, 6.45) is 0. The van der Waals surface area contributed by atoms with Crippen LogP contribution < -0.4 is 10.6 Å². The molecular formula is C16H16N2O. The predicted molar refractivity (Wildman–Crippen MR) is 77.4 cm³/mol. The average Bonchev–Trinajstić information content (AvgIpc) is 2.41. The molecule has 0 saturated carbocycles. The predicted octanol–water partition coefficient (Wildman–Crippen LogP) is 3.41. The van der Waals surface area contributed by atoms with Gasteiger partial charge in [0.25, 0.3) is 5.91 Å². The van der Waals surface area contributed by atoms with Crippen molar-refractivity contribution in [3.63, 3.8) is 0 Å². The van der Waals surface area contributed by atoms with E-state index in [4.69, 9.17) is 0 Å². The van der Waals surface area contributed by atoms with Gasteiger partial charge in [-0.3, -0.25) is 4.79 Å². The number of hydrogen-bond acceptors (Lipinski definition) is 2. The Kier molecular flexibility index (Phi) is 2.75.